The summed E-state index contributed by atoms with van der Waals surface area (Å²) in [6.45, 7) is 3.47. The zero-order valence-corrected chi connectivity index (χ0v) is 10.2. The molecule has 0 aromatic heterocycles. The Balaban J connectivity index is 2.05. The van der Waals surface area contributed by atoms with Crippen LogP contribution >= 0.6 is 0 Å². The van der Waals surface area contributed by atoms with Crippen LogP contribution < -0.4 is 0 Å². The lowest BCUT2D eigenvalue weighted by Gasteiger charge is -2.34. The van der Waals surface area contributed by atoms with E-state index in [4.69, 9.17) is 0 Å². The molecule has 0 radical (unpaired) electrons. The minimum atomic E-state index is 0.0811. The lowest BCUT2D eigenvalue weighted by atomic mass is 9.98. The molecule has 1 N–H and O–H groups in total. The van der Waals surface area contributed by atoms with Crippen molar-refractivity contribution in [3.8, 4) is 5.75 Å². The molecular weight excluding hydrogens is 214 g/mol. The molecule has 1 unspecified atom stereocenters. The largest absolute Gasteiger partial charge is 0.508 e. The Morgan fingerprint density at radius 1 is 1.35 bits per heavy atom. The molecule has 1 aromatic carbocycles. The third-order valence-electron chi connectivity index (χ3n) is 3.40. The first-order chi connectivity index (χ1) is 8.16. The maximum absolute atomic E-state index is 11.6. The van der Waals surface area contributed by atoms with Crippen LogP contribution in [0.1, 0.15) is 31.7 Å². The smallest absolute Gasteiger partial charge is 0.146 e. The molecule has 1 aliphatic heterocycles. The van der Waals surface area contributed by atoms with Crippen LogP contribution in [0.5, 0.6) is 5.75 Å². The van der Waals surface area contributed by atoms with Crippen LogP contribution in [-0.2, 0) is 11.3 Å². The van der Waals surface area contributed by atoms with Crippen molar-refractivity contribution >= 4 is 5.78 Å². The summed E-state index contributed by atoms with van der Waals surface area (Å²) < 4.78 is 0. The van der Waals surface area contributed by atoms with E-state index >= 15 is 0 Å². The number of benzene rings is 1. The van der Waals surface area contributed by atoms with Crippen molar-refractivity contribution in [1.29, 1.82) is 0 Å². The van der Waals surface area contributed by atoms with Gasteiger partial charge in [0.05, 0.1) is 6.04 Å². The quantitative estimate of drug-likeness (QED) is 0.871. The Kier molecular flexibility index (Phi) is 3.79. The van der Waals surface area contributed by atoms with Gasteiger partial charge in [0.2, 0.25) is 0 Å². The van der Waals surface area contributed by atoms with Crippen LogP contribution in [0, 0.1) is 0 Å². The van der Waals surface area contributed by atoms with E-state index in [1.54, 1.807) is 19.1 Å². The second-order valence-corrected chi connectivity index (χ2v) is 4.76. The SMILES string of the molecule is CC(=O)C1CCCCN1Cc1ccc(O)cc1. The van der Waals surface area contributed by atoms with Gasteiger partial charge in [-0.05, 0) is 44.0 Å². The van der Waals surface area contributed by atoms with Gasteiger partial charge in [-0.25, -0.2) is 0 Å². The molecule has 17 heavy (non-hydrogen) atoms. The second kappa shape index (κ2) is 5.32. The Morgan fingerprint density at radius 2 is 2.06 bits per heavy atom. The maximum atomic E-state index is 11.6. The lowest BCUT2D eigenvalue weighted by molar-refractivity contribution is -0.123. The predicted molar refractivity (Wildman–Crippen MR) is 66.8 cm³/mol. The fraction of sp³-hybridized carbons (Fsp3) is 0.500. The fourth-order valence-electron chi connectivity index (χ4n) is 2.48. The van der Waals surface area contributed by atoms with Crippen LogP contribution in [0.2, 0.25) is 0 Å². The van der Waals surface area contributed by atoms with Crippen molar-refractivity contribution in [2.45, 2.75) is 38.8 Å². The zero-order chi connectivity index (χ0) is 12.3. The molecule has 1 heterocycles. The molecule has 1 fully saturated rings. The average molecular weight is 233 g/mol. The molecule has 1 atom stereocenters. The summed E-state index contributed by atoms with van der Waals surface area (Å²) in [5.74, 6) is 0.555. The lowest BCUT2D eigenvalue weighted by Crippen LogP contribution is -2.43. The van der Waals surface area contributed by atoms with E-state index in [2.05, 4.69) is 4.90 Å². The summed E-state index contributed by atoms with van der Waals surface area (Å²) in [5.41, 5.74) is 1.15. The van der Waals surface area contributed by atoms with Gasteiger partial charge in [-0.3, -0.25) is 9.69 Å². The highest BCUT2D eigenvalue weighted by molar-refractivity contribution is 5.81. The molecule has 3 heteroatoms. The van der Waals surface area contributed by atoms with Crippen molar-refractivity contribution in [2.75, 3.05) is 6.54 Å². The normalized spacial score (nSPS) is 21.4. The number of likely N-dealkylation sites (tertiary alicyclic amines) is 1. The standard InChI is InChI=1S/C14H19NO2/c1-11(16)14-4-2-3-9-15(14)10-12-5-7-13(17)8-6-12/h5-8,14,17H,2-4,9-10H2,1H3. The van der Waals surface area contributed by atoms with Crippen LogP contribution in [0.25, 0.3) is 0 Å². The van der Waals surface area contributed by atoms with Crippen LogP contribution in [0.4, 0.5) is 0 Å². The van der Waals surface area contributed by atoms with E-state index in [9.17, 15) is 9.90 Å². The number of phenols is 1. The van der Waals surface area contributed by atoms with Gasteiger partial charge in [0.1, 0.15) is 11.5 Å². The van der Waals surface area contributed by atoms with E-state index < -0.39 is 0 Å². The minimum Gasteiger partial charge on any atom is -0.508 e. The van der Waals surface area contributed by atoms with E-state index in [0.29, 0.717) is 0 Å². The van der Waals surface area contributed by atoms with Crippen LogP contribution in [0.15, 0.2) is 24.3 Å². The van der Waals surface area contributed by atoms with E-state index in [-0.39, 0.29) is 17.6 Å². The van der Waals surface area contributed by atoms with Gasteiger partial charge in [0.15, 0.2) is 0 Å². The number of ketones is 1. The number of aromatic hydroxyl groups is 1. The molecule has 0 aliphatic carbocycles. The van der Waals surface area contributed by atoms with E-state index in [1.165, 1.54) is 6.42 Å². The first-order valence-corrected chi connectivity index (χ1v) is 6.19. The monoisotopic (exact) mass is 233 g/mol. The predicted octanol–water partition coefficient (Wildman–Crippen LogP) is 2.34. The first kappa shape index (κ1) is 12.1. The Morgan fingerprint density at radius 3 is 2.71 bits per heavy atom. The van der Waals surface area contributed by atoms with Crippen molar-refractivity contribution in [3.05, 3.63) is 29.8 Å². The number of nitrogens with zero attached hydrogens (tertiary/aromatic N) is 1. The first-order valence-electron chi connectivity index (χ1n) is 6.19. The topological polar surface area (TPSA) is 40.5 Å². The van der Waals surface area contributed by atoms with E-state index in [0.717, 1.165) is 31.5 Å². The van der Waals surface area contributed by atoms with Crippen molar-refractivity contribution < 1.29 is 9.90 Å². The highest BCUT2D eigenvalue weighted by Gasteiger charge is 2.25. The van der Waals surface area contributed by atoms with Crippen LogP contribution in [0.3, 0.4) is 0 Å². The van der Waals surface area contributed by atoms with Crippen molar-refractivity contribution in [3.63, 3.8) is 0 Å². The Hall–Kier alpha value is -1.35. The molecule has 1 saturated heterocycles. The number of hydrogen-bond acceptors (Lipinski definition) is 3. The third kappa shape index (κ3) is 3.07. The van der Waals surface area contributed by atoms with Crippen molar-refractivity contribution in [1.82, 2.24) is 4.90 Å². The van der Waals surface area contributed by atoms with Gasteiger partial charge in [-0.1, -0.05) is 18.6 Å². The molecule has 92 valence electrons. The summed E-state index contributed by atoms with van der Waals surface area (Å²) in [6, 6.07) is 7.31. The average Bonchev–Trinajstić information content (AvgIpc) is 2.32. The van der Waals surface area contributed by atoms with Gasteiger partial charge in [-0.2, -0.15) is 0 Å². The number of carbonyl (C=O) groups excluding carboxylic acids is 1. The number of Topliss-reactive ketones (excluding diaryl/α,β-unsaturated/α-hetero) is 1. The van der Waals surface area contributed by atoms with Gasteiger partial charge in [-0.15, -0.1) is 0 Å². The summed E-state index contributed by atoms with van der Waals surface area (Å²) in [5, 5.41) is 9.24. The van der Waals surface area contributed by atoms with Crippen LogP contribution in [-0.4, -0.2) is 28.4 Å². The summed E-state index contributed by atoms with van der Waals surface area (Å²) in [6.07, 6.45) is 3.30. The molecular formula is C14H19NO2. The number of piperidine rings is 1. The summed E-state index contributed by atoms with van der Waals surface area (Å²) in [7, 11) is 0. The Bertz CT molecular complexity index is 386. The third-order valence-corrected chi connectivity index (χ3v) is 3.40. The molecule has 3 nitrogen and oxygen atoms in total. The maximum Gasteiger partial charge on any atom is 0.146 e. The number of carbonyl (C=O) groups is 1. The van der Waals surface area contributed by atoms with Crippen molar-refractivity contribution in [2.24, 2.45) is 0 Å². The molecule has 2 rings (SSSR count). The zero-order valence-electron chi connectivity index (χ0n) is 10.2. The fourth-order valence-corrected chi connectivity index (χ4v) is 2.48. The van der Waals surface area contributed by atoms with Gasteiger partial charge < -0.3 is 5.11 Å². The van der Waals surface area contributed by atoms with Gasteiger partial charge in [0.25, 0.3) is 0 Å². The summed E-state index contributed by atoms with van der Waals surface area (Å²) >= 11 is 0. The highest BCUT2D eigenvalue weighted by atomic mass is 16.3. The minimum absolute atomic E-state index is 0.0811. The second-order valence-electron chi connectivity index (χ2n) is 4.76. The molecule has 0 spiro atoms. The molecule has 0 amide bonds. The molecule has 0 saturated carbocycles. The van der Waals surface area contributed by atoms with Gasteiger partial charge >= 0.3 is 0 Å². The molecule has 1 aliphatic rings. The van der Waals surface area contributed by atoms with E-state index in [1.807, 2.05) is 12.1 Å². The molecule has 0 bridgehead atoms. The highest BCUT2D eigenvalue weighted by Crippen LogP contribution is 2.21. The summed E-state index contributed by atoms with van der Waals surface area (Å²) in [4.78, 5) is 13.8. The number of rotatable bonds is 3. The molecule has 1 aromatic rings. The van der Waals surface area contributed by atoms with Gasteiger partial charge in [0, 0.05) is 6.54 Å². The number of hydrogen-bond donors (Lipinski definition) is 1. The number of phenolic OH excluding ortho intramolecular Hbond substituents is 1. The Labute approximate surface area is 102 Å².